The Balaban J connectivity index is 1.75. The van der Waals surface area contributed by atoms with Crippen molar-refractivity contribution in [2.45, 2.75) is 19.4 Å². The third kappa shape index (κ3) is 3.55. The Morgan fingerprint density at radius 1 is 1.59 bits per heavy atom. The predicted octanol–water partition coefficient (Wildman–Crippen LogP) is -0.149. The number of aromatic nitrogens is 2. The van der Waals surface area contributed by atoms with Gasteiger partial charge in [0.2, 0.25) is 5.91 Å². The van der Waals surface area contributed by atoms with Gasteiger partial charge in [0.25, 0.3) is 0 Å². The number of carbonyl (C=O) groups is 1. The number of hydrogen-bond donors (Lipinski definition) is 2. The van der Waals surface area contributed by atoms with Gasteiger partial charge in [-0.05, 0) is 12.3 Å². The second-order valence-electron chi connectivity index (χ2n) is 4.33. The van der Waals surface area contributed by atoms with E-state index in [1.807, 2.05) is 0 Å². The Bertz CT molecular complexity index is 481. The molecule has 1 aliphatic rings. The van der Waals surface area contributed by atoms with E-state index >= 15 is 0 Å². The molecule has 1 atom stereocenters. The monoisotopic (exact) mass is 257 g/mol. The molecule has 1 saturated heterocycles. The highest BCUT2D eigenvalue weighted by Crippen LogP contribution is 2.21. The summed E-state index contributed by atoms with van der Waals surface area (Å²) in [6, 6.07) is 0. The first-order valence-corrected chi connectivity index (χ1v) is 7.32. The quantitative estimate of drug-likeness (QED) is 0.784. The standard InChI is InChI=1S/C10H15N3O3S/c14-10(12-5-9-4-11-7-13-9)3-8-1-2-17(15,16)6-8/h4,7-8H,1-3,5-6H2,(H,11,13)(H,12,14). The van der Waals surface area contributed by atoms with Gasteiger partial charge in [-0.3, -0.25) is 4.79 Å². The van der Waals surface area contributed by atoms with E-state index in [0.29, 0.717) is 13.0 Å². The number of amides is 1. The van der Waals surface area contributed by atoms with Crippen molar-refractivity contribution in [1.29, 1.82) is 0 Å². The van der Waals surface area contributed by atoms with E-state index in [1.54, 1.807) is 12.5 Å². The van der Waals surface area contributed by atoms with E-state index in [9.17, 15) is 13.2 Å². The Labute approximate surface area is 99.7 Å². The van der Waals surface area contributed by atoms with Crippen LogP contribution in [0.4, 0.5) is 0 Å². The molecule has 1 aliphatic heterocycles. The van der Waals surface area contributed by atoms with Gasteiger partial charge in [-0.1, -0.05) is 0 Å². The molecule has 2 N–H and O–H groups in total. The van der Waals surface area contributed by atoms with Gasteiger partial charge in [0, 0.05) is 12.6 Å². The molecular weight excluding hydrogens is 242 g/mol. The maximum atomic E-state index is 11.6. The number of H-pyrrole nitrogens is 1. The number of rotatable bonds is 4. The topological polar surface area (TPSA) is 91.9 Å². The molecule has 1 aromatic rings. The summed E-state index contributed by atoms with van der Waals surface area (Å²) in [5.41, 5.74) is 0.831. The Morgan fingerprint density at radius 2 is 2.41 bits per heavy atom. The van der Waals surface area contributed by atoms with Crippen molar-refractivity contribution < 1.29 is 13.2 Å². The molecule has 6 nitrogen and oxygen atoms in total. The van der Waals surface area contributed by atoms with Gasteiger partial charge in [0.15, 0.2) is 9.84 Å². The number of nitrogens with zero attached hydrogens (tertiary/aromatic N) is 1. The molecule has 2 heterocycles. The van der Waals surface area contributed by atoms with Gasteiger partial charge in [-0.25, -0.2) is 13.4 Å². The second kappa shape index (κ2) is 4.87. The van der Waals surface area contributed by atoms with Crippen molar-refractivity contribution in [1.82, 2.24) is 15.3 Å². The number of hydrogen-bond acceptors (Lipinski definition) is 4. The van der Waals surface area contributed by atoms with Crippen LogP contribution in [0, 0.1) is 5.92 Å². The summed E-state index contributed by atoms with van der Waals surface area (Å²) < 4.78 is 22.4. The summed E-state index contributed by atoms with van der Waals surface area (Å²) in [5, 5.41) is 2.73. The van der Waals surface area contributed by atoms with Crippen LogP contribution in [-0.2, 0) is 21.2 Å². The summed E-state index contributed by atoms with van der Waals surface area (Å²) in [6.45, 7) is 0.401. The summed E-state index contributed by atoms with van der Waals surface area (Å²) in [5.74, 6) is 0.221. The van der Waals surface area contributed by atoms with Crippen LogP contribution in [-0.4, -0.2) is 35.8 Å². The lowest BCUT2D eigenvalue weighted by Crippen LogP contribution is -2.25. The van der Waals surface area contributed by atoms with Crippen LogP contribution in [0.25, 0.3) is 0 Å². The average Bonchev–Trinajstić information content (AvgIpc) is 2.85. The number of carbonyl (C=O) groups excluding carboxylic acids is 1. The highest BCUT2D eigenvalue weighted by molar-refractivity contribution is 7.91. The zero-order chi connectivity index (χ0) is 12.3. The van der Waals surface area contributed by atoms with Crippen LogP contribution in [0.3, 0.4) is 0 Å². The van der Waals surface area contributed by atoms with E-state index in [2.05, 4.69) is 15.3 Å². The molecule has 2 rings (SSSR count). The van der Waals surface area contributed by atoms with Gasteiger partial charge >= 0.3 is 0 Å². The molecule has 0 saturated carbocycles. The molecule has 0 spiro atoms. The first kappa shape index (κ1) is 12.1. The van der Waals surface area contributed by atoms with E-state index < -0.39 is 9.84 Å². The Kier molecular flexibility index (Phi) is 3.46. The van der Waals surface area contributed by atoms with E-state index in [-0.39, 0.29) is 29.8 Å². The Morgan fingerprint density at radius 3 is 3.00 bits per heavy atom. The number of sulfone groups is 1. The van der Waals surface area contributed by atoms with Crippen molar-refractivity contribution in [3.8, 4) is 0 Å². The highest BCUT2D eigenvalue weighted by atomic mass is 32.2. The number of aromatic amines is 1. The van der Waals surface area contributed by atoms with Crippen LogP contribution in [0.5, 0.6) is 0 Å². The highest BCUT2D eigenvalue weighted by Gasteiger charge is 2.29. The minimum atomic E-state index is -2.90. The van der Waals surface area contributed by atoms with Crippen molar-refractivity contribution >= 4 is 15.7 Å². The normalized spacial score (nSPS) is 22.5. The number of nitrogens with one attached hydrogen (secondary N) is 2. The lowest BCUT2D eigenvalue weighted by Gasteiger charge is -2.07. The van der Waals surface area contributed by atoms with Crippen molar-refractivity contribution in [2.75, 3.05) is 11.5 Å². The fourth-order valence-corrected chi connectivity index (χ4v) is 3.80. The molecule has 1 fully saturated rings. The molecule has 0 bridgehead atoms. The van der Waals surface area contributed by atoms with Crippen molar-refractivity contribution in [3.05, 3.63) is 18.2 Å². The zero-order valence-electron chi connectivity index (χ0n) is 9.35. The maximum Gasteiger partial charge on any atom is 0.220 e. The summed E-state index contributed by atoms with van der Waals surface area (Å²) in [6.07, 6.45) is 4.07. The van der Waals surface area contributed by atoms with E-state index in [4.69, 9.17) is 0 Å². The number of imidazole rings is 1. The molecular formula is C10H15N3O3S. The van der Waals surface area contributed by atoms with Gasteiger partial charge in [0.05, 0.1) is 30.1 Å². The molecule has 94 valence electrons. The molecule has 1 aromatic heterocycles. The first-order chi connectivity index (χ1) is 8.05. The third-order valence-corrected chi connectivity index (χ3v) is 4.67. The predicted molar refractivity (Wildman–Crippen MR) is 61.8 cm³/mol. The maximum absolute atomic E-state index is 11.6. The van der Waals surface area contributed by atoms with Crippen LogP contribution in [0.1, 0.15) is 18.5 Å². The molecule has 0 aliphatic carbocycles. The molecule has 0 radical (unpaired) electrons. The largest absolute Gasteiger partial charge is 0.350 e. The van der Waals surface area contributed by atoms with E-state index in [1.165, 1.54) is 0 Å². The van der Waals surface area contributed by atoms with Crippen LogP contribution >= 0.6 is 0 Å². The van der Waals surface area contributed by atoms with Gasteiger partial charge in [-0.2, -0.15) is 0 Å². The minimum Gasteiger partial charge on any atom is -0.350 e. The van der Waals surface area contributed by atoms with Crippen LogP contribution in [0.2, 0.25) is 0 Å². The zero-order valence-corrected chi connectivity index (χ0v) is 10.2. The fraction of sp³-hybridized carbons (Fsp3) is 0.600. The third-order valence-electron chi connectivity index (χ3n) is 2.83. The molecule has 0 aromatic carbocycles. The average molecular weight is 257 g/mol. The molecule has 1 unspecified atom stereocenters. The summed E-state index contributed by atoms with van der Waals surface area (Å²) >= 11 is 0. The van der Waals surface area contributed by atoms with Gasteiger partial charge < -0.3 is 10.3 Å². The SMILES string of the molecule is O=C(CC1CCS(=O)(=O)C1)NCc1cnc[nH]1. The Hall–Kier alpha value is -1.37. The summed E-state index contributed by atoms with van der Waals surface area (Å²) in [7, 11) is -2.90. The fourth-order valence-electron chi connectivity index (χ4n) is 1.94. The lowest BCUT2D eigenvalue weighted by molar-refractivity contribution is -0.122. The van der Waals surface area contributed by atoms with E-state index in [0.717, 1.165) is 5.69 Å². The molecule has 7 heteroatoms. The molecule has 17 heavy (non-hydrogen) atoms. The smallest absolute Gasteiger partial charge is 0.220 e. The first-order valence-electron chi connectivity index (χ1n) is 5.49. The van der Waals surface area contributed by atoms with Gasteiger partial charge in [-0.15, -0.1) is 0 Å². The van der Waals surface area contributed by atoms with Crippen LogP contribution in [0.15, 0.2) is 12.5 Å². The minimum absolute atomic E-state index is 0.0261. The summed E-state index contributed by atoms with van der Waals surface area (Å²) in [4.78, 5) is 18.3. The molecule has 1 amide bonds. The second-order valence-corrected chi connectivity index (χ2v) is 6.56. The lowest BCUT2D eigenvalue weighted by atomic mass is 10.1. The van der Waals surface area contributed by atoms with Gasteiger partial charge in [0.1, 0.15) is 0 Å². The van der Waals surface area contributed by atoms with Crippen LogP contribution < -0.4 is 5.32 Å². The van der Waals surface area contributed by atoms with Crippen molar-refractivity contribution in [3.63, 3.8) is 0 Å². The van der Waals surface area contributed by atoms with Crippen molar-refractivity contribution in [2.24, 2.45) is 5.92 Å².